The van der Waals surface area contributed by atoms with E-state index in [4.69, 9.17) is 11.6 Å². The second kappa shape index (κ2) is 6.39. The number of aryl methyl sites for hydroxylation is 1. The van der Waals surface area contributed by atoms with Gasteiger partial charge in [-0.2, -0.15) is 5.10 Å². The number of methoxy groups -OCH3 is 1. The third kappa shape index (κ3) is 3.46. The van der Waals surface area contributed by atoms with Crippen molar-refractivity contribution in [2.45, 2.75) is 19.4 Å². The van der Waals surface area contributed by atoms with Gasteiger partial charge in [-0.3, -0.25) is 9.48 Å². The molecule has 0 saturated heterocycles. The molecule has 6 nitrogen and oxygen atoms in total. The lowest BCUT2D eigenvalue weighted by atomic mass is 10.1. The summed E-state index contributed by atoms with van der Waals surface area (Å²) in [5.74, 6) is -1.11. The highest BCUT2D eigenvalue weighted by atomic mass is 35.5. The number of carbonyl (C=O) groups excluding carboxylic acids is 2. The summed E-state index contributed by atoms with van der Waals surface area (Å²) in [6.07, 6.45) is 1.99. The molecule has 0 aliphatic heterocycles. The molecule has 1 aromatic heterocycles. The molecule has 0 aliphatic rings. The Kier molecular flexibility index (Phi) is 5.15. The Balaban J connectivity index is 2.81. The van der Waals surface area contributed by atoms with Gasteiger partial charge in [-0.1, -0.05) is 0 Å². The molecular weight excluding hydrogens is 258 g/mol. The highest BCUT2D eigenvalue weighted by Crippen LogP contribution is 2.09. The summed E-state index contributed by atoms with van der Waals surface area (Å²) in [5.41, 5.74) is 1.81. The SMILES string of the molecule is COC(=O)C(Cc1cnn(C)c1C)NC(=O)CCl. The summed E-state index contributed by atoms with van der Waals surface area (Å²) < 4.78 is 6.35. The van der Waals surface area contributed by atoms with E-state index >= 15 is 0 Å². The number of alkyl halides is 1. The van der Waals surface area contributed by atoms with Crippen LogP contribution in [0.3, 0.4) is 0 Å². The molecule has 0 bridgehead atoms. The Morgan fingerprint density at radius 3 is 2.72 bits per heavy atom. The summed E-state index contributed by atoms with van der Waals surface area (Å²) in [7, 11) is 3.08. The van der Waals surface area contributed by atoms with E-state index in [2.05, 4.69) is 15.2 Å². The number of carbonyl (C=O) groups is 2. The van der Waals surface area contributed by atoms with Crippen molar-refractivity contribution >= 4 is 23.5 Å². The Bertz CT molecular complexity index is 445. The largest absolute Gasteiger partial charge is 0.467 e. The maximum atomic E-state index is 11.6. The molecule has 1 unspecified atom stereocenters. The smallest absolute Gasteiger partial charge is 0.328 e. The molecule has 7 heteroatoms. The van der Waals surface area contributed by atoms with Gasteiger partial charge in [-0.05, 0) is 12.5 Å². The average molecular weight is 274 g/mol. The number of nitrogens with one attached hydrogen (secondary N) is 1. The molecule has 1 heterocycles. The van der Waals surface area contributed by atoms with Gasteiger partial charge < -0.3 is 10.1 Å². The molecule has 1 amide bonds. The summed E-state index contributed by atoms with van der Waals surface area (Å²) in [6, 6.07) is -0.746. The van der Waals surface area contributed by atoms with Crippen LogP contribution < -0.4 is 5.32 Å². The van der Waals surface area contributed by atoms with Gasteiger partial charge in [-0.25, -0.2) is 4.79 Å². The minimum atomic E-state index is -0.746. The fraction of sp³-hybridized carbons (Fsp3) is 0.545. The number of hydrogen-bond acceptors (Lipinski definition) is 4. The first-order valence-corrected chi connectivity index (χ1v) is 5.93. The van der Waals surface area contributed by atoms with Crippen LogP contribution in [0.5, 0.6) is 0 Å². The van der Waals surface area contributed by atoms with Crippen LogP contribution in [0.1, 0.15) is 11.3 Å². The highest BCUT2D eigenvalue weighted by molar-refractivity contribution is 6.27. The van der Waals surface area contributed by atoms with Crippen LogP contribution in [-0.4, -0.2) is 40.7 Å². The normalized spacial score (nSPS) is 12.0. The highest BCUT2D eigenvalue weighted by Gasteiger charge is 2.23. The van der Waals surface area contributed by atoms with E-state index in [1.807, 2.05) is 14.0 Å². The number of ether oxygens (including phenoxy) is 1. The predicted molar refractivity (Wildman–Crippen MR) is 66.3 cm³/mol. The van der Waals surface area contributed by atoms with Crippen LogP contribution in [-0.2, 0) is 27.8 Å². The Morgan fingerprint density at radius 1 is 1.61 bits per heavy atom. The maximum absolute atomic E-state index is 11.6. The predicted octanol–water partition coefficient (Wildman–Crippen LogP) is 0.168. The summed E-state index contributed by atoms with van der Waals surface area (Å²) in [5, 5.41) is 6.60. The van der Waals surface area contributed by atoms with Crippen LogP contribution in [0, 0.1) is 6.92 Å². The number of esters is 1. The Morgan fingerprint density at radius 2 is 2.28 bits per heavy atom. The van der Waals surface area contributed by atoms with Gasteiger partial charge in [0, 0.05) is 19.2 Å². The number of aromatic nitrogens is 2. The van der Waals surface area contributed by atoms with Gasteiger partial charge in [-0.15, -0.1) is 11.6 Å². The molecule has 1 aromatic rings. The number of amides is 1. The van der Waals surface area contributed by atoms with Crippen molar-refractivity contribution in [2.24, 2.45) is 7.05 Å². The number of hydrogen-bond donors (Lipinski definition) is 1. The standard InChI is InChI=1S/C11H16ClN3O3/c1-7-8(6-13-15(7)2)4-9(11(17)18-3)14-10(16)5-12/h6,9H,4-5H2,1-3H3,(H,14,16). The van der Waals surface area contributed by atoms with Crippen LogP contribution in [0.15, 0.2) is 6.20 Å². The monoisotopic (exact) mass is 273 g/mol. The van der Waals surface area contributed by atoms with E-state index in [0.717, 1.165) is 11.3 Å². The molecule has 0 aliphatic carbocycles. The summed E-state index contributed by atoms with van der Waals surface area (Å²) in [6.45, 7) is 1.89. The van der Waals surface area contributed by atoms with E-state index in [0.29, 0.717) is 6.42 Å². The van der Waals surface area contributed by atoms with Crippen molar-refractivity contribution in [1.29, 1.82) is 0 Å². The fourth-order valence-electron chi connectivity index (χ4n) is 1.53. The number of rotatable bonds is 5. The topological polar surface area (TPSA) is 73.2 Å². The Hall–Kier alpha value is -1.56. The second-order valence-electron chi connectivity index (χ2n) is 3.86. The van der Waals surface area contributed by atoms with Crippen LogP contribution in [0.4, 0.5) is 0 Å². The molecule has 0 aromatic carbocycles. The van der Waals surface area contributed by atoms with Crippen molar-refractivity contribution in [3.8, 4) is 0 Å². The molecule has 0 saturated carbocycles. The van der Waals surface area contributed by atoms with Crippen LogP contribution >= 0.6 is 11.6 Å². The average Bonchev–Trinajstić information content (AvgIpc) is 2.68. The molecule has 1 rings (SSSR count). The lowest BCUT2D eigenvalue weighted by Crippen LogP contribution is -2.43. The lowest BCUT2D eigenvalue weighted by Gasteiger charge is -2.15. The zero-order valence-electron chi connectivity index (χ0n) is 10.6. The van der Waals surface area contributed by atoms with Crippen molar-refractivity contribution < 1.29 is 14.3 Å². The van der Waals surface area contributed by atoms with Gasteiger partial charge in [0.25, 0.3) is 0 Å². The second-order valence-corrected chi connectivity index (χ2v) is 4.13. The minimum Gasteiger partial charge on any atom is -0.467 e. The summed E-state index contributed by atoms with van der Waals surface area (Å²) in [4.78, 5) is 22.8. The Labute approximate surface area is 110 Å². The zero-order chi connectivity index (χ0) is 13.7. The lowest BCUT2D eigenvalue weighted by molar-refractivity contribution is -0.144. The first-order chi connectivity index (χ1) is 8.49. The number of halogens is 1. The van der Waals surface area contributed by atoms with E-state index in [9.17, 15) is 9.59 Å². The maximum Gasteiger partial charge on any atom is 0.328 e. The van der Waals surface area contributed by atoms with E-state index in [1.54, 1.807) is 10.9 Å². The van der Waals surface area contributed by atoms with Gasteiger partial charge in [0.2, 0.25) is 5.91 Å². The van der Waals surface area contributed by atoms with E-state index in [-0.39, 0.29) is 5.88 Å². The molecule has 0 spiro atoms. The van der Waals surface area contributed by atoms with Crippen molar-refractivity contribution in [1.82, 2.24) is 15.1 Å². The van der Waals surface area contributed by atoms with Crippen LogP contribution in [0.25, 0.3) is 0 Å². The molecule has 100 valence electrons. The third-order valence-electron chi connectivity index (χ3n) is 2.70. The van der Waals surface area contributed by atoms with Gasteiger partial charge in [0.15, 0.2) is 0 Å². The van der Waals surface area contributed by atoms with Gasteiger partial charge in [0.1, 0.15) is 11.9 Å². The van der Waals surface area contributed by atoms with Gasteiger partial charge >= 0.3 is 5.97 Å². The summed E-state index contributed by atoms with van der Waals surface area (Å²) >= 11 is 5.40. The van der Waals surface area contributed by atoms with Gasteiger partial charge in [0.05, 0.1) is 13.3 Å². The van der Waals surface area contributed by atoms with Crippen LogP contribution in [0.2, 0.25) is 0 Å². The number of nitrogens with zero attached hydrogens (tertiary/aromatic N) is 2. The van der Waals surface area contributed by atoms with Crippen molar-refractivity contribution in [2.75, 3.05) is 13.0 Å². The molecule has 1 atom stereocenters. The van der Waals surface area contributed by atoms with Crippen molar-refractivity contribution in [3.05, 3.63) is 17.5 Å². The first kappa shape index (κ1) is 14.5. The molecular formula is C11H16ClN3O3. The third-order valence-corrected chi connectivity index (χ3v) is 2.95. The first-order valence-electron chi connectivity index (χ1n) is 5.40. The quantitative estimate of drug-likeness (QED) is 0.613. The molecule has 1 N–H and O–H groups in total. The fourth-order valence-corrected chi connectivity index (χ4v) is 1.61. The molecule has 0 fully saturated rings. The molecule has 0 radical (unpaired) electrons. The molecule has 18 heavy (non-hydrogen) atoms. The van der Waals surface area contributed by atoms with E-state index in [1.165, 1.54) is 7.11 Å². The zero-order valence-corrected chi connectivity index (χ0v) is 11.3. The minimum absolute atomic E-state index is 0.195. The van der Waals surface area contributed by atoms with E-state index < -0.39 is 17.9 Å². The van der Waals surface area contributed by atoms with Crippen molar-refractivity contribution in [3.63, 3.8) is 0 Å².